The average Bonchev–Trinajstić information content (AvgIpc) is 2.73. The summed E-state index contributed by atoms with van der Waals surface area (Å²) in [4.78, 5) is 41.7. The third kappa shape index (κ3) is 5.21. The minimum absolute atomic E-state index is 0.0290. The van der Waals surface area contributed by atoms with Crippen molar-refractivity contribution in [3.05, 3.63) is 29.3 Å². The van der Waals surface area contributed by atoms with Gasteiger partial charge in [-0.15, -0.1) is 0 Å². The van der Waals surface area contributed by atoms with Crippen molar-refractivity contribution in [2.24, 2.45) is 17.8 Å². The third-order valence-corrected chi connectivity index (χ3v) is 6.35. The Kier molecular flexibility index (Phi) is 7.16. The van der Waals surface area contributed by atoms with Crippen molar-refractivity contribution in [1.82, 2.24) is 9.80 Å². The molecule has 3 unspecified atom stereocenters. The second-order valence-electron chi connectivity index (χ2n) is 9.21. The number of benzene rings is 1. The number of piperidine rings is 2. The average molecular weight is 414 g/mol. The Bertz CT molecular complexity index is 797. The summed E-state index contributed by atoms with van der Waals surface area (Å²) in [5.74, 6) is 0.848. The molecule has 2 aliphatic heterocycles. The molecule has 164 valence electrons. The van der Waals surface area contributed by atoms with Gasteiger partial charge in [-0.2, -0.15) is 0 Å². The van der Waals surface area contributed by atoms with Crippen molar-refractivity contribution in [2.45, 2.75) is 53.4 Å². The van der Waals surface area contributed by atoms with Crippen LogP contribution in [0.4, 0.5) is 5.69 Å². The molecule has 3 amide bonds. The summed E-state index contributed by atoms with van der Waals surface area (Å²) in [5.41, 5.74) is 2.23. The molecule has 1 aromatic carbocycles. The van der Waals surface area contributed by atoms with Gasteiger partial charge in [0.1, 0.15) is 0 Å². The topological polar surface area (TPSA) is 69.7 Å². The van der Waals surface area contributed by atoms with Gasteiger partial charge < -0.3 is 15.1 Å². The second-order valence-corrected chi connectivity index (χ2v) is 9.21. The summed E-state index contributed by atoms with van der Waals surface area (Å²) >= 11 is 0. The number of anilines is 1. The highest BCUT2D eigenvalue weighted by atomic mass is 16.2. The van der Waals surface area contributed by atoms with Crippen LogP contribution >= 0.6 is 0 Å². The number of hydrogen-bond acceptors (Lipinski definition) is 3. The zero-order valence-electron chi connectivity index (χ0n) is 18.7. The summed E-state index contributed by atoms with van der Waals surface area (Å²) < 4.78 is 0. The van der Waals surface area contributed by atoms with Gasteiger partial charge >= 0.3 is 0 Å². The highest BCUT2D eigenvalue weighted by Gasteiger charge is 2.29. The van der Waals surface area contributed by atoms with Crippen molar-refractivity contribution in [3.63, 3.8) is 0 Å². The van der Waals surface area contributed by atoms with Crippen molar-refractivity contribution in [3.8, 4) is 0 Å². The first-order valence-electron chi connectivity index (χ1n) is 11.3. The summed E-state index contributed by atoms with van der Waals surface area (Å²) in [6, 6.07) is 5.55. The van der Waals surface area contributed by atoms with Crippen LogP contribution in [-0.4, -0.2) is 53.7 Å². The van der Waals surface area contributed by atoms with Crippen LogP contribution in [0.3, 0.4) is 0 Å². The van der Waals surface area contributed by atoms with E-state index in [4.69, 9.17) is 0 Å². The standard InChI is InChI=1S/C24H35N3O3/c1-5-22(28)26-10-6-7-20(15-26)23(29)25-21-12-19(9-8-18(21)4)24(30)27-13-16(2)11-17(3)14-27/h8-9,12,16-17,20H,5-7,10-11,13-15H2,1-4H3,(H,25,29). The molecule has 2 saturated heterocycles. The molecule has 0 spiro atoms. The predicted octanol–water partition coefficient (Wildman–Crippen LogP) is 3.70. The van der Waals surface area contributed by atoms with Crippen molar-refractivity contribution < 1.29 is 14.4 Å². The number of carbonyl (C=O) groups is 3. The van der Waals surface area contributed by atoms with Crippen molar-refractivity contribution in [2.75, 3.05) is 31.5 Å². The van der Waals surface area contributed by atoms with Gasteiger partial charge in [-0.25, -0.2) is 0 Å². The first kappa shape index (κ1) is 22.3. The molecule has 30 heavy (non-hydrogen) atoms. The SMILES string of the molecule is CCC(=O)N1CCCC(C(=O)Nc2cc(C(=O)N3CC(C)CC(C)C3)ccc2C)C1. The number of nitrogens with zero attached hydrogens (tertiary/aromatic N) is 2. The maximum atomic E-state index is 13.1. The van der Waals surface area contributed by atoms with E-state index < -0.39 is 0 Å². The first-order chi connectivity index (χ1) is 14.3. The molecular weight excluding hydrogens is 378 g/mol. The molecule has 0 aliphatic carbocycles. The fourth-order valence-corrected chi connectivity index (χ4v) is 4.78. The Balaban J connectivity index is 1.70. The summed E-state index contributed by atoms with van der Waals surface area (Å²) in [7, 11) is 0. The quantitative estimate of drug-likeness (QED) is 0.818. The largest absolute Gasteiger partial charge is 0.342 e. The Morgan fingerprint density at radius 1 is 1.07 bits per heavy atom. The van der Waals surface area contributed by atoms with E-state index in [2.05, 4.69) is 19.2 Å². The highest BCUT2D eigenvalue weighted by molar-refractivity contribution is 5.98. The van der Waals surface area contributed by atoms with Crippen LogP contribution in [0.1, 0.15) is 62.4 Å². The van der Waals surface area contributed by atoms with Gasteiger partial charge in [-0.1, -0.05) is 26.8 Å². The van der Waals surface area contributed by atoms with Crippen molar-refractivity contribution in [1.29, 1.82) is 0 Å². The van der Waals surface area contributed by atoms with E-state index in [1.54, 1.807) is 11.0 Å². The number of rotatable bonds is 4. The Morgan fingerprint density at radius 3 is 2.43 bits per heavy atom. The van der Waals surface area contributed by atoms with E-state index >= 15 is 0 Å². The van der Waals surface area contributed by atoms with Gasteiger partial charge in [-0.3, -0.25) is 14.4 Å². The predicted molar refractivity (Wildman–Crippen MR) is 118 cm³/mol. The van der Waals surface area contributed by atoms with Crippen LogP contribution in [-0.2, 0) is 9.59 Å². The molecule has 0 bridgehead atoms. The molecule has 1 N–H and O–H groups in total. The van der Waals surface area contributed by atoms with E-state index in [-0.39, 0.29) is 23.6 Å². The van der Waals surface area contributed by atoms with E-state index in [1.165, 1.54) is 0 Å². The summed E-state index contributed by atoms with van der Waals surface area (Å²) in [6.45, 7) is 10.9. The van der Waals surface area contributed by atoms with Crippen LogP contribution in [0.15, 0.2) is 18.2 Å². The van der Waals surface area contributed by atoms with Gasteiger partial charge in [-0.05, 0) is 55.7 Å². The molecular formula is C24H35N3O3. The smallest absolute Gasteiger partial charge is 0.253 e. The molecule has 6 nitrogen and oxygen atoms in total. The Labute approximate surface area is 180 Å². The number of amides is 3. The minimum atomic E-state index is -0.211. The van der Waals surface area contributed by atoms with Gasteiger partial charge in [0.15, 0.2) is 0 Å². The van der Waals surface area contributed by atoms with Gasteiger partial charge in [0.05, 0.1) is 5.92 Å². The summed E-state index contributed by atoms with van der Waals surface area (Å²) in [5, 5.41) is 3.03. The van der Waals surface area contributed by atoms with E-state index in [0.29, 0.717) is 36.1 Å². The van der Waals surface area contributed by atoms with E-state index in [0.717, 1.165) is 44.5 Å². The molecule has 0 aromatic heterocycles. The third-order valence-electron chi connectivity index (χ3n) is 6.35. The van der Waals surface area contributed by atoms with E-state index in [1.807, 2.05) is 30.9 Å². The lowest BCUT2D eigenvalue weighted by molar-refractivity contribution is -0.134. The number of hydrogen-bond donors (Lipinski definition) is 1. The molecule has 3 atom stereocenters. The van der Waals surface area contributed by atoms with Crippen molar-refractivity contribution >= 4 is 23.4 Å². The molecule has 0 radical (unpaired) electrons. The fourth-order valence-electron chi connectivity index (χ4n) is 4.78. The van der Waals surface area contributed by atoms with Crippen LogP contribution in [0.25, 0.3) is 0 Å². The zero-order chi connectivity index (χ0) is 21.8. The molecule has 0 saturated carbocycles. The van der Waals surface area contributed by atoms with Gasteiger partial charge in [0.25, 0.3) is 5.91 Å². The van der Waals surface area contributed by atoms with Crippen LogP contribution in [0.5, 0.6) is 0 Å². The lowest BCUT2D eigenvalue weighted by atomic mass is 9.91. The number of likely N-dealkylation sites (tertiary alicyclic amines) is 2. The zero-order valence-corrected chi connectivity index (χ0v) is 18.7. The number of aryl methyl sites for hydroxylation is 1. The minimum Gasteiger partial charge on any atom is -0.342 e. The molecule has 2 fully saturated rings. The molecule has 1 aromatic rings. The summed E-state index contributed by atoms with van der Waals surface area (Å²) in [6.07, 6.45) is 3.23. The first-order valence-corrected chi connectivity index (χ1v) is 11.3. The Hall–Kier alpha value is -2.37. The number of carbonyl (C=O) groups excluding carboxylic acids is 3. The Morgan fingerprint density at radius 2 is 1.77 bits per heavy atom. The normalized spacial score (nSPS) is 24.5. The maximum Gasteiger partial charge on any atom is 0.253 e. The van der Waals surface area contributed by atoms with Crippen LogP contribution in [0, 0.1) is 24.7 Å². The second kappa shape index (κ2) is 9.63. The number of nitrogens with one attached hydrogen (secondary N) is 1. The lowest BCUT2D eigenvalue weighted by Crippen LogP contribution is -2.43. The van der Waals surface area contributed by atoms with Crippen LogP contribution < -0.4 is 5.32 Å². The van der Waals surface area contributed by atoms with Gasteiger partial charge in [0.2, 0.25) is 11.8 Å². The maximum absolute atomic E-state index is 13.1. The molecule has 2 aliphatic rings. The monoisotopic (exact) mass is 413 g/mol. The molecule has 3 rings (SSSR count). The van der Waals surface area contributed by atoms with E-state index in [9.17, 15) is 14.4 Å². The molecule has 2 heterocycles. The fraction of sp³-hybridized carbons (Fsp3) is 0.625. The lowest BCUT2D eigenvalue weighted by Gasteiger charge is -2.35. The van der Waals surface area contributed by atoms with Crippen LogP contribution in [0.2, 0.25) is 0 Å². The highest BCUT2D eigenvalue weighted by Crippen LogP contribution is 2.25. The van der Waals surface area contributed by atoms with Gasteiger partial charge in [0, 0.05) is 43.9 Å². The molecule has 6 heteroatoms.